The minimum Gasteiger partial charge on any atom is -0.469 e. The van der Waals surface area contributed by atoms with Gasteiger partial charge in [0.05, 0.1) is 0 Å². The van der Waals surface area contributed by atoms with Crippen LogP contribution in [0.5, 0.6) is 0 Å². The van der Waals surface area contributed by atoms with Gasteiger partial charge in [-0.1, -0.05) is 12.2 Å². The van der Waals surface area contributed by atoms with Crippen LogP contribution < -0.4 is 0 Å². The van der Waals surface area contributed by atoms with E-state index in [1.54, 1.807) is 0 Å². The van der Waals surface area contributed by atoms with E-state index < -0.39 is 0 Å². The maximum Gasteiger partial charge on any atom is 0.189 e. The second-order valence-corrected chi connectivity index (χ2v) is 2.15. The van der Waals surface area contributed by atoms with Gasteiger partial charge in [-0.25, -0.2) is 0 Å². The van der Waals surface area contributed by atoms with Crippen molar-refractivity contribution in [2.24, 2.45) is 0 Å². The quantitative estimate of drug-likeness (QED) is 0.483. The predicted molar refractivity (Wildman–Crippen MR) is 32.7 cm³/mol. The lowest BCUT2D eigenvalue weighted by atomic mass is 10.1. The second-order valence-electron chi connectivity index (χ2n) is 2.15. The Hall–Kier alpha value is -0.760. The van der Waals surface area contributed by atoms with Crippen LogP contribution in [-0.2, 0) is 9.47 Å². The Balaban J connectivity index is 2.23. The number of fused-ring (bicyclic) bond motifs is 1. The summed E-state index contributed by atoms with van der Waals surface area (Å²) < 4.78 is 10.4. The Morgan fingerprint density at radius 2 is 2.56 bits per heavy atom. The largest absolute Gasteiger partial charge is 0.469 e. The summed E-state index contributed by atoms with van der Waals surface area (Å²) in [4.78, 5) is 0. The van der Waals surface area contributed by atoms with Gasteiger partial charge in [-0.2, -0.15) is 0 Å². The monoisotopic (exact) mass is 124 g/mol. The summed E-state index contributed by atoms with van der Waals surface area (Å²) in [6, 6.07) is 0. The molecule has 1 saturated heterocycles. The molecule has 0 bridgehead atoms. The normalized spacial score (nSPS) is 31.1. The molecule has 2 aliphatic rings. The molecule has 0 aromatic rings. The number of hydrogen-bond acceptors (Lipinski definition) is 2. The molecule has 0 spiro atoms. The highest BCUT2D eigenvalue weighted by Gasteiger charge is 2.22. The van der Waals surface area contributed by atoms with Crippen LogP contribution in [0.4, 0.5) is 0 Å². The number of ether oxygens (including phenoxy) is 2. The fourth-order valence-corrected chi connectivity index (χ4v) is 1.06. The van der Waals surface area contributed by atoms with Crippen LogP contribution in [0.25, 0.3) is 0 Å². The van der Waals surface area contributed by atoms with Gasteiger partial charge < -0.3 is 9.47 Å². The lowest BCUT2D eigenvalue weighted by Gasteiger charge is -2.07. The summed E-state index contributed by atoms with van der Waals surface area (Å²) in [6.45, 7) is 0.429. The molecule has 1 aliphatic heterocycles. The van der Waals surface area contributed by atoms with Crippen LogP contribution in [-0.4, -0.2) is 12.9 Å². The van der Waals surface area contributed by atoms with Crippen molar-refractivity contribution in [3.63, 3.8) is 0 Å². The third-order valence-corrected chi connectivity index (χ3v) is 1.56. The van der Waals surface area contributed by atoms with Crippen LogP contribution in [0, 0.1) is 0 Å². The lowest BCUT2D eigenvalue weighted by Crippen LogP contribution is -2.07. The van der Waals surface area contributed by atoms with Crippen LogP contribution in [0.3, 0.4) is 0 Å². The van der Waals surface area contributed by atoms with Gasteiger partial charge in [-0.3, -0.25) is 0 Å². The zero-order valence-electron chi connectivity index (χ0n) is 5.04. The van der Waals surface area contributed by atoms with Crippen molar-refractivity contribution < 1.29 is 9.47 Å². The smallest absolute Gasteiger partial charge is 0.189 e. The third kappa shape index (κ3) is 0.754. The molecule has 0 aromatic heterocycles. The Labute approximate surface area is 53.8 Å². The lowest BCUT2D eigenvalue weighted by molar-refractivity contribution is 0.0509. The van der Waals surface area contributed by atoms with E-state index in [1.807, 2.05) is 12.2 Å². The van der Waals surface area contributed by atoms with Crippen molar-refractivity contribution in [1.29, 1.82) is 0 Å². The maximum atomic E-state index is 5.22. The summed E-state index contributed by atoms with van der Waals surface area (Å²) in [5, 5.41) is 0. The highest BCUT2D eigenvalue weighted by Crippen LogP contribution is 2.22. The Bertz CT molecular complexity index is 170. The molecule has 1 unspecified atom stereocenters. The minimum atomic E-state index is 0.218. The van der Waals surface area contributed by atoms with Crippen molar-refractivity contribution in [2.45, 2.75) is 12.5 Å². The molecule has 0 N–H and O–H groups in total. The molecule has 2 nitrogen and oxygen atoms in total. The van der Waals surface area contributed by atoms with Crippen molar-refractivity contribution in [3.8, 4) is 0 Å². The first-order valence-corrected chi connectivity index (χ1v) is 3.08. The van der Waals surface area contributed by atoms with Crippen molar-refractivity contribution in [2.75, 3.05) is 6.79 Å². The second kappa shape index (κ2) is 1.88. The molecule has 1 atom stereocenters. The molecule has 9 heavy (non-hydrogen) atoms. The van der Waals surface area contributed by atoms with E-state index in [2.05, 4.69) is 6.08 Å². The first-order chi connectivity index (χ1) is 4.47. The van der Waals surface area contributed by atoms with Gasteiger partial charge in [0.1, 0.15) is 11.9 Å². The Morgan fingerprint density at radius 3 is 3.44 bits per heavy atom. The summed E-state index contributed by atoms with van der Waals surface area (Å²) >= 11 is 0. The number of hydrogen-bond donors (Lipinski definition) is 0. The molecule has 1 heterocycles. The average molecular weight is 124 g/mol. The topological polar surface area (TPSA) is 18.5 Å². The minimum absolute atomic E-state index is 0.218. The zero-order chi connectivity index (χ0) is 6.10. The van der Waals surface area contributed by atoms with Crippen LogP contribution in [0.15, 0.2) is 24.0 Å². The van der Waals surface area contributed by atoms with Gasteiger partial charge in [0, 0.05) is 0 Å². The van der Waals surface area contributed by atoms with Gasteiger partial charge in [0.2, 0.25) is 0 Å². The van der Waals surface area contributed by atoms with E-state index >= 15 is 0 Å². The summed E-state index contributed by atoms with van der Waals surface area (Å²) in [7, 11) is 0. The van der Waals surface area contributed by atoms with Crippen LogP contribution >= 0.6 is 0 Å². The predicted octanol–water partition coefficient (Wildman–Crippen LogP) is 1.20. The van der Waals surface area contributed by atoms with Crippen LogP contribution in [0.1, 0.15) is 6.42 Å². The average Bonchev–Trinajstić information content (AvgIpc) is 2.33. The van der Waals surface area contributed by atoms with Crippen LogP contribution in [0.2, 0.25) is 0 Å². The molecule has 0 radical (unpaired) electrons. The summed E-state index contributed by atoms with van der Waals surface area (Å²) in [6.07, 6.45) is 7.23. The van der Waals surface area contributed by atoms with Crippen molar-refractivity contribution in [1.82, 2.24) is 0 Å². The maximum absolute atomic E-state index is 5.22. The highest BCUT2D eigenvalue weighted by atomic mass is 16.7. The first kappa shape index (κ1) is 5.06. The number of rotatable bonds is 0. The fourth-order valence-electron chi connectivity index (χ4n) is 1.06. The van der Waals surface area contributed by atoms with E-state index in [9.17, 15) is 0 Å². The van der Waals surface area contributed by atoms with Gasteiger partial charge in [0.25, 0.3) is 0 Å². The first-order valence-electron chi connectivity index (χ1n) is 3.08. The van der Waals surface area contributed by atoms with Gasteiger partial charge in [0.15, 0.2) is 6.79 Å². The Kier molecular flexibility index (Phi) is 1.06. The Morgan fingerprint density at radius 1 is 1.56 bits per heavy atom. The van der Waals surface area contributed by atoms with E-state index in [0.717, 1.165) is 12.2 Å². The zero-order valence-corrected chi connectivity index (χ0v) is 5.04. The highest BCUT2D eigenvalue weighted by molar-refractivity contribution is 5.18. The van der Waals surface area contributed by atoms with E-state index in [1.165, 1.54) is 0 Å². The fraction of sp³-hybridized carbons (Fsp3) is 0.429. The summed E-state index contributed by atoms with van der Waals surface area (Å²) in [5.41, 5.74) is 0. The molecule has 1 aliphatic carbocycles. The molecule has 0 aromatic carbocycles. The molecule has 1 fully saturated rings. The SMILES string of the molecule is C1=CCC2OCOC2=C1. The van der Waals surface area contributed by atoms with Gasteiger partial charge in [-0.05, 0) is 12.5 Å². The van der Waals surface area contributed by atoms with Gasteiger partial charge >= 0.3 is 0 Å². The summed E-state index contributed by atoms with van der Waals surface area (Å²) in [5.74, 6) is 0.984. The molecule has 2 rings (SSSR count). The molecule has 0 saturated carbocycles. The van der Waals surface area contributed by atoms with Gasteiger partial charge in [-0.15, -0.1) is 0 Å². The van der Waals surface area contributed by atoms with E-state index in [-0.39, 0.29) is 6.10 Å². The van der Waals surface area contributed by atoms with Crippen molar-refractivity contribution >= 4 is 0 Å². The van der Waals surface area contributed by atoms with E-state index in [4.69, 9.17) is 9.47 Å². The molecule has 0 amide bonds. The van der Waals surface area contributed by atoms with Crippen molar-refractivity contribution in [3.05, 3.63) is 24.0 Å². The molecule has 48 valence electrons. The standard InChI is InChI=1S/C7H8O2/c1-2-4-7-6(3-1)8-5-9-7/h1-3,7H,4-5H2. The molecular weight excluding hydrogens is 116 g/mol. The number of allylic oxidation sites excluding steroid dienone is 2. The molecule has 2 heteroatoms. The van der Waals surface area contributed by atoms with E-state index in [0.29, 0.717) is 6.79 Å². The molecular formula is C7H8O2. The third-order valence-electron chi connectivity index (χ3n) is 1.56.